The van der Waals surface area contributed by atoms with Crippen molar-refractivity contribution in [3.63, 3.8) is 0 Å². The van der Waals surface area contributed by atoms with Gasteiger partial charge in [0, 0.05) is 5.56 Å². The Kier molecular flexibility index (Phi) is 4.25. The van der Waals surface area contributed by atoms with E-state index in [4.69, 9.17) is 9.47 Å². The summed E-state index contributed by atoms with van der Waals surface area (Å²) in [5.74, 6) is 4.19. The third-order valence-corrected chi connectivity index (χ3v) is 8.19. The number of rotatable bonds is 5. The molecule has 0 unspecified atom stereocenters. The minimum Gasteiger partial charge on any atom is -0.493 e. The molecular formula is C22H25N5O3S. The number of hydrogen-bond acceptors (Lipinski definition) is 7. The summed E-state index contributed by atoms with van der Waals surface area (Å²) in [6.45, 7) is 0. The number of nitrogens with one attached hydrogen (secondary N) is 1. The van der Waals surface area contributed by atoms with Gasteiger partial charge in [0.25, 0.3) is 0 Å². The number of carbonyl (C=O) groups is 1. The van der Waals surface area contributed by atoms with Crippen LogP contribution >= 0.6 is 11.3 Å². The Hall–Kier alpha value is -2.68. The third-order valence-electron chi connectivity index (χ3n) is 7.37. The Balaban J connectivity index is 1.28. The van der Waals surface area contributed by atoms with Crippen molar-refractivity contribution < 1.29 is 14.3 Å². The number of methoxy groups -OCH3 is 2. The summed E-state index contributed by atoms with van der Waals surface area (Å²) in [5, 5.41) is 16.9. The molecule has 4 aliphatic carbocycles. The highest BCUT2D eigenvalue weighted by atomic mass is 32.1. The van der Waals surface area contributed by atoms with Crippen molar-refractivity contribution in [1.29, 1.82) is 0 Å². The van der Waals surface area contributed by atoms with Gasteiger partial charge < -0.3 is 14.8 Å². The largest absolute Gasteiger partial charge is 0.493 e. The van der Waals surface area contributed by atoms with Crippen molar-refractivity contribution in [3.8, 4) is 22.9 Å². The van der Waals surface area contributed by atoms with Crippen LogP contribution in [0.3, 0.4) is 0 Å². The third kappa shape index (κ3) is 3.01. The first-order valence-electron chi connectivity index (χ1n) is 10.8. The van der Waals surface area contributed by atoms with Crippen molar-refractivity contribution >= 4 is 27.3 Å². The summed E-state index contributed by atoms with van der Waals surface area (Å²) in [4.78, 5) is 14.0. The number of nitrogens with zero attached hydrogens (tertiary/aromatic N) is 4. The Morgan fingerprint density at radius 1 is 1.06 bits per heavy atom. The van der Waals surface area contributed by atoms with E-state index in [0.29, 0.717) is 27.4 Å². The standard InChI is InChI=1S/C22H25N5O3S/c1-29-16-4-3-15(8-17(16)30-2)18-24-25-21-27(18)26-20(31-21)23-19(28)22-9-12-5-13(10-22)7-14(6-12)11-22/h3-4,8,12-14H,5-7,9-11H2,1-2H3,(H,23,26,28). The molecule has 0 saturated heterocycles. The maximum absolute atomic E-state index is 13.4. The van der Waals surface area contributed by atoms with Crippen LogP contribution in [0.2, 0.25) is 0 Å². The molecule has 31 heavy (non-hydrogen) atoms. The zero-order valence-corrected chi connectivity index (χ0v) is 18.4. The summed E-state index contributed by atoms with van der Waals surface area (Å²) in [5.41, 5.74) is 0.613. The number of ether oxygens (including phenoxy) is 2. The first-order valence-corrected chi connectivity index (χ1v) is 11.6. The van der Waals surface area contributed by atoms with Crippen molar-refractivity contribution in [2.75, 3.05) is 19.5 Å². The van der Waals surface area contributed by atoms with Gasteiger partial charge in [-0.25, -0.2) is 0 Å². The normalized spacial score (nSPS) is 28.8. The number of carbonyl (C=O) groups excluding carboxylic acids is 1. The van der Waals surface area contributed by atoms with E-state index in [-0.39, 0.29) is 11.3 Å². The molecule has 3 aromatic rings. The fourth-order valence-corrected chi connectivity index (χ4v) is 7.18. The highest BCUT2D eigenvalue weighted by molar-refractivity contribution is 7.20. The van der Waals surface area contributed by atoms with Crippen molar-refractivity contribution in [1.82, 2.24) is 19.8 Å². The second-order valence-corrected chi connectivity index (χ2v) is 10.3. The van der Waals surface area contributed by atoms with Crippen LogP contribution in [-0.2, 0) is 4.79 Å². The summed E-state index contributed by atoms with van der Waals surface area (Å²) in [6.07, 6.45) is 7.05. The lowest BCUT2D eigenvalue weighted by atomic mass is 9.49. The Bertz CT molecular complexity index is 1130. The molecule has 4 aliphatic rings. The van der Waals surface area contributed by atoms with Crippen molar-refractivity contribution in [3.05, 3.63) is 18.2 Å². The molecule has 1 amide bonds. The van der Waals surface area contributed by atoms with Gasteiger partial charge in [-0.15, -0.1) is 15.3 Å². The van der Waals surface area contributed by atoms with Gasteiger partial charge in [0.1, 0.15) is 0 Å². The molecule has 4 saturated carbocycles. The van der Waals surface area contributed by atoms with Crippen LogP contribution in [0.25, 0.3) is 16.3 Å². The lowest BCUT2D eigenvalue weighted by Gasteiger charge is -2.55. The number of hydrogen-bond donors (Lipinski definition) is 1. The molecule has 9 heteroatoms. The topological polar surface area (TPSA) is 90.6 Å². The van der Waals surface area contributed by atoms with Gasteiger partial charge >= 0.3 is 0 Å². The fourth-order valence-electron chi connectivity index (χ4n) is 6.44. The lowest BCUT2D eigenvalue weighted by molar-refractivity contribution is -0.140. The van der Waals surface area contributed by atoms with Crippen LogP contribution in [0, 0.1) is 23.2 Å². The van der Waals surface area contributed by atoms with Crippen molar-refractivity contribution in [2.45, 2.75) is 38.5 Å². The van der Waals surface area contributed by atoms with Crippen LogP contribution in [0.4, 0.5) is 5.13 Å². The SMILES string of the molecule is COc1ccc(-c2nnc3sc(NC(=O)C45CC6CC(CC(C6)C4)C5)nn23)cc1OC. The zero-order valence-electron chi connectivity index (χ0n) is 17.6. The fraction of sp³-hybridized carbons (Fsp3) is 0.545. The van der Waals surface area contributed by atoms with Crippen LogP contribution in [0.15, 0.2) is 18.2 Å². The van der Waals surface area contributed by atoms with E-state index in [0.717, 1.165) is 42.6 Å². The van der Waals surface area contributed by atoms with Gasteiger partial charge in [-0.1, -0.05) is 11.3 Å². The quantitative estimate of drug-likeness (QED) is 0.646. The minimum absolute atomic E-state index is 0.143. The highest BCUT2D eigenvalue weighted by Crippen LogP contribution is 2.60. The maximum atomic E-state index is 13.4. The number of fused-ring (bicyclic) bond motifs is 1. The molecule has 0 atom stereocenters. The first-order chi connectivity index (χ1) is 15.1. The second kappa shape index (κ2) is 6.91. The van der Waals surface area contributed by atoms with E-state index in [1.165, 1.54) is 30.6 Å². The molecule has 1 N–H and O–H groups in total. The lowest BCUT2D eigenvalue weighted by Crippen LogP contribution is -2.51. The number of benzene rings is 1. The number of amides is 1. The van der Waals surface area contributed by atoms with Gasteiger partial charge in [0.2, 0.25) is 16.0 Å². The molecule has 0 radical (unpaired) electrons. The molecule has 1 aromatic carbocycles. The molecule has 8 nitrogen and oxygen atoms in total. The molecule has 0 spiro atoms. The number of anilines is 1. The summed E-state index contributed by atoms with van der Waals surface area (Å²) in [7, 11) is 3.20. The Labute approximate surface area is 184 Å². The molecule has 0 aliphatic heterocycles. The molecule has 7 rings (SSSR count). The predicted octanol–water partition coefficient (Wildman–Crippen LogP) is 4.02. The number of aromatic nitrogens is 4. The summed E-state index contributed by atoms with van der Waals surface area (Å²) < 4.78 is 12.4. The van der Waals surface area contributed by atoms with Gasteiger partial charge in [0.15, 0.2) is 17.3 Å². The summed E-state index contributed by atoms with van der Waals surface area (Å²) >= 11 is 1.35. The van der Waals surface area contributed by atoms with Crippen LogP contribution < -0.4 is 14.8 Å². The second-order valence-electron chi connectivity index (χ2n) is 9.35. The zero-order chi connectivity index (χ0) is 21.2. The van der Waals surface area contributed by atoms with E-state index in [9.17, 15) is 4.79 Å². The van der Waals surface area contributed by atoms with Crippen molar-refractivity contribution in [2.24, 2.45) is 23.2 Å². The van der Waals surface area contributed by atoms with Crippen LogP contribution in [0.1, 0.15) is 38.5 Å². The summed E-state index contributed by atoms with van der Waals surface area (Å²) in [6, 6.07) is 5.57. The monoisotopic (exact) mass is 439 g/mol. The van der Waals surface area contributed by atoms with Gasteiger partial charge in [0.05, 0.1) is 19.6 Å². The highest BCUT2D eigenvalue weighted by Gasteiger charge is 2.54. The van der Waals surface area contributed by atoms with Crippen LogP contribution in [-0.4, -0.2) is 39.9 Å². The molecule has 4 fully saturated rings. The molecule has 2 aromatic heterocycles. The first kappa shape index (κ1) is 19.0. The average Bonchev–Trinajstić information content (AvgIpc) is 3.32. The molecule has 4 bridgehead atoms. The van der Waals surface area contributed by atoms with E-state index < -0.39 is 0 Å². The Morgan fingerprint density at radius 3 is 2.39 bits per heavy atom. The van der Waals surface area contributed by atoms with Crippen LogP contribution in [0.5, 0.6) is 11.5 Å². The van der Waals surface area contributed by atoms with E-state index >= 15 is 0 Å². The minimum atomic E-state index is -0.201. The van der Waals surface area contributed by atoms with Gasteiger partial charge in [-0.3, -0.25) is 4.79 Å². The van der Waals surface area contributed by atoms with E-state index in [2.05, 4.69) is 20.6 Å². The Morgan fingerprint density at radius 2 is 1.74 bits per heavy atom. The molecular weight excluding hydrogens is 414 g/mol. The van der Waals surface area contributed by atoms with E-state index in [1.807, 2.05) is 18.2 Å². The predicted molar refractivity (Wildman–Crippen MR) is 116 cm³/mol. The van der Waals surface area contributed by atoms with Gasteiger partial charge in [-0.2, -0.15) is 4.52 Å². The molecule has 162 valence electrons. The average molecular weight is 440 g/mol. The smallest absolute Gasteiger partial charge is 0.236 e. The van der Waals surface area contributed by atoms with E-state index in [1.54, 1.807) is 18.7 Å². The van der Waals surface area contributed by atoms with Gasteiger partial charge in [-0.05, 0) is 74.5 Å². The maximum Gasteiger partial charge on any atom is 0.236 e. The molecule has 2 heterocycles.